The lowest BCUT2D eigenvalue weighted by Crippen LogP contribution is -2.10. The fourth-order valence-electron chi connectivity index (χ4n) is 1.31. The Morgan fingerprint density at radius 3 is 2.62 bits per heavy atom. The van der Waals surface area contributed by atoms with E-state index in [0.29, 0.717) is 6.20 Å². The Morgan fingerprint density at radius 2 is 2.06 bits per heavy atom. The molecule has 0 unspecified atom stereocenters. The van der Waals surface area contributed by atoms with E-state index in [1.54, 1.807) is 0 Å². The van der Waals surface area contributed by atoms with Crippen LogP contribution in [0.3, 0.4) is 0 Å². The third-order valence-corrected chi connectivity index (χ3v) is 1.96. The molecule has 8 heteroatoms. The Kier molecular flexibility index (Phi) is 2.07. The van der Waals surface area contributed by atoms with Crippen LogP contribution in [0.5, 0.6) is 0 Å². The number of alkyl halides is 3. The number of aromatic amines is 1. The number of aromatic carboxylic acids is 1. The number of hydrogen-bond acceptors (Lipinski definition) is 3. The Bertz CT molecular complexity index is 561. The van der Waals surface area contributed by atoms with E-state index in [1.165, 1.54) is 0 Å². The van der Waals surface area contributed by atoms with Crippen molar-refractivity contribution in [2.24, 2.45) is 0 Å². The monoisotopic (exact) mass is 231 g/mol. The Hall–Kier alpha value is -2.12. The maximum atomic E-state index is 12.5. The number of hydrogen-bond donors (Lipinski definition) is 2. The molecule has 0 amide bonds. The molecule has 2 rings (SSSR count). The molecule has 0 aromatic carbocycles. The molecule has 16 heavy (non-hydrogen) atoms. The zero-order valence-electron chi connectivity index (χ0n) is 7.54. The quantitative estimate of drug-likeness (QED) is 0.782. The molecule has 0 aliphatic heterocycles. The van der Waals surface area contributed by atoms with Crippen LogP contribution in [0.15, 0.2) is 12.5 Å². The highest BCUT2D eigenvalue weighted by Gasteiger charge is 2.35. The fraction of sp³-hybridized carbons (Fsp3) is 0.125. The van der Waals surface area contributed by atoms with Crippen molar-refractivity contribution in [1.82, 2.24) is 15.0 Å². The number of pyridine rings is 1. The summed E-state index contributed by atoms with van der Waals surface area (Å²) in [6, 6.07) is 0. The fourth-order valence-corrected chi connectivity index (χ4v) is 1.31. The van der Waals surface area contributed by atoms with Crippen LogP contribution in [0.1, 0.15) is 16.1 Å². The number of imidazole rings is 1. The number of fused-ring (bicyclic) bond motifs is 1. The number of nitrogens with one attached hydrogen (secondary N) is 1. The summed E-state index contributed by atoms with van der Waals surface area (Å²) >= 11 is 0. The molecule has 2 heterocycles. The molecular weight excluding hydrogens is 227 g/mol. The Morgan fingerprint density at radius 1 is 1.38 bits per heavy atom. The normalized spacial score (nSPS) is 11.9. The number of carboxylic acid groups (broad SMARTS) is 1. The van der Waals surface area contributed by atoms with Crippen LogP contribution in [0.4, 0.5) is 13.2 Å². The van der Waals surface area contributed by atoms with Gasteiger partial charge in [-0.1, -0.05) is 0 Å². The summed E-state index contributed by atoms with van der Waals surface area (Å²) in [5, 5.41) is 8.70. The minimum atomic E-state index is -4.60. The second-order valence-corrected chi connectivity index (χ2v) is 2.95. The van der Waals surface area contributed by atoms with E-state index in [4.69, 9.17) is 5.11 Å². The number of halogens is 3. The Labute approximate surface area is 85.9 Å². The van der Waals surface area contributed by atoms with Gasteiger partial charge < -0.3 is 10.1 Å². The molecule has 0 aliphatic carbocycles. The zero-order valence-corrected chi connectivity index (χ0v) is 7.54. The lowest BCUT2D eigenvalue weighted by molar-refractivity contribution is -0.136. The highest BCUT2D eigenvalue weighted by Crippen LogP contribution is 2.33. The van der Waals surface area contributed by atoms with Crippen molar-refractivity contribution in [3.05, 3.63) is 23.8 Å². The second-order valence-electron chi connectivity index (χ2n) is 2.95. The maximum Gasteiger partial charge on any atom is 0.419 e. The van der Waals surface area contributed by atoms with Crippen molar-refractivity contribution in [2.45, 2.75) is 6.18 Å². The predicted octanol–water partition coefficient (Wildman–Crippen LogP) is 1.67. The van der Waals surface area contributed by atoms with Crippen LogP contribution in [0.2, 0.25) is 0 Å². The molecule has 5 nitrogen and oxygen atoms in total. The summed E-state index contributed by atoms with van der Waals surface area (Å²) < 4.78 is 37.5. The number of carboxylic acids is 1. The van der Waals surface area contributed by atoms with Gasteiger partial charge in [0.25, 0.3) is 0 Å². The van der Waals surface area contributed by atoms with Gasteiger partial charge in [-0.3, -0.25) is 0 Å². The van der Waals surface area contributed by atoms with Gasteiger partial charge in [-0.2, -0.15) is 13.2 Å². The molecule has 0 atom stereocenters. The number of rotatable bonds is 1. The van der Waals surface area contributed by atoms with Crippen LogP contribution in [-0.4, -0.2) is 26.0 Å². The van der Waals surface area contributed by atoms with Gasteiger partial charge in [0.15, 0.2) is 5.69 Å². The van der Waals surface area contributed by atoms with Crippen molar-refractivity contribution in [3.63, 3.8) is 0 Å². The van der Waals surface area contributed by atoms with Crippen molar-refractivity contribution in [2.75, 3.05) is 0 Å². The average Bonchev–Trinajstić information content (AvgIpc) is 2.61. The van der Waals surface area contributed by atoms with Gasteiger partial charge in [0, 0.05) is 6.20 Å². The summed E-state index contributed by atoms with van der Waals surface area (Å²) in [5.74, 6) is -1.43. The van der Waals surface area contributed by atoms with E-state index in [0.717, 1.165) is 6.33 Å². The topological polar surface area (TPSA) is 78.9 Å². The predicted molar refractivity (Wildman–Crippen MR) is 45.9 cm³/mol. The molecule has 2 N–H and O–H groups in total. The van der Waals surface area contributed by atoms with Gasteiger partial charge >= 0.3 is 12.1 Å². The SMILES string of the molecule is O=C(O)c1ncc(C(F)(F)F)c2[nH]cnc12. The number of nitrogens with zero attached hydrogens (tertiary/aromatic N) is 2. The molecule has 84 valence electrons. The summed E-state index contributed by atoms with van der Waals surface area (Å²) in [6.07, 6.45) is -3.13. The molecule has 0 aliphatic rings. The summed E-state index contributed by atoms with van der Waals surface area (Å²) in [6.45, 7) is 0. The van der Waals surface area contributed by atoms with Gasteiger partial charge in [0.1, 0.15) is 5.52 Å². The largest absolute Gasteiger partial charge is 0.476 e. The van der Waals surface area contributed by atoms with Gasteiger partial charge in [0.2, 0.25) is 0 Å². The molecular formula is C8H4F3N3O2. The molecule has 2 aromatic heterocycles. The first kappa shape index (κ1) is 10.4. The molecule has 0 bridgehead atoms. The molecule has 0 spiro atoms. The van der Waals surface area contributed by atoms with E-state index in [9.17, 15) is 18.0 Å². The van der Waals surface area contributed by atoms with Gasteiger partial charge in [-0.05, 0) is 0 Å². The molecule has 0 saturated heterocycles. The van der Waals surface area contributed by atoms with Gasteiger partial charge in [0.05, 0.1) is 17.4 Å². The maximum absolute atomic E-state index is 12.5. The average molecular weight is 231 g/mol. The zero-order chi connectivity index (χ0) is 11.9. The summed E-state index contributed by atoms with van der Waals surface area (Å²) in [7, 11) is 0. The number of carbonyl (C=O) groups is 1. The first-order chi connectivity index (χ1) is 7.41. The lowest BCUT2D eigenvalue weighted by Gasteiger charge is -2.07. The summed E-state index contributed by atoms with van der Waals surface area (Å²) in [4.78, 5) is 19.7. The first-order valence-electron chi connectivity index (χ1n) is 4.04. The second kappa shape index (κ2) is 3.19. The van der Waals surface area contributed by atoms with Crippen LogP contribution in [0.25, 0.3) is 11.0 Å². The van der Waals surface area contributed by atoms with E-state index in [1.807, 2.05) is 0 Å². The van der Waals surface area contributed by atoms with Gasteiger partial charge in [-0.25, -0.2) is 14.8 Å². The smallest absolute Gasteiger partial charge is 0.419 e. The van der Waals surface area contributed by atoms with E-state index in [-0.39, 0.29) is 11.0 Å². The number of H-pyrrole nitrogens is 1. The van der Waals surface area contributed by atoms with Crippen LogP contribution < -0.4 is 0 Å². The molecule has 0 saturated carbocycles. The van der Waals surface area contributed by atoms with E-state index in [2.05, 4.69) is 15.0 Å². The number of aromatic nitrogens is 3. The highest BCUT2D eigenvalue weighted by atomic mass is 19.4. The third kappa shape index (κ3) is 1.47. The van der Waals surface area contributed by atoms with Gasteiger partial charge in [-0.15, -0.1) is 0 Å². The minimum Gasteiger partial charge on any atom is -0.476 e. The van der Waals surface area contributed by atoms with Crippen LogP contribution in [-0.2, 0) is 6.18 Å². The van der Waals surface area contributed by atoms with E-state index >= 15 is 0 Å². The molecule has 0 radical (unpaired) electrons. The summed E-state index contributed by atoms with van der Waals surface area (Å²) in [5.41, 5.74) is -2.23. The van der Waals surface area contributed by atoms with Crippen LogP contribution in [0, 0.1) is 0 Å². The third-order valence-electron chi connectivity index (χ3n) is 1.96. The highest BCUT2D eigenvalue weighted by molar-refractivity contribution is 5.99. The minimum absolute atomic E-state index is 0.303. The van der Waals surface area contributed by atoms with Crippen LogP contribution >= 0.6 is 0 Å². The van der Waals surface area contributed by atoms with Crippen molar-refractivity contribution in [1.29, 1.82) is 0 Å². The van der Waals surface area contributed by atoms with Crippen molar-refractivity contribution in [3.8, 4) is 0 Å². The molecule has 2 aromatic rings. The lowest BCUT2D eigenvalue weighted by atomic mass is 10.2. The standard InChI is InChI=1S/C8H4F3N3O2/c9-8(10,11)3-1-12-6(7(15)16)5-4(3)13-2-14-5/h1-2H,(H,13,14)(H,15,16). The first-order valence-corrected chi connectivity index (χ1v) is 4.04. The van der Waals surface area contributed by atoms with Crippen molar-refractivity contribution < 1.29 is 23.1 Å². The van der Waals surface area contributed by atoms with Crippen molar-refractivity contribution >= 4 is 17.0 Å². The molecule has 0 fully saturated rings. The Balaban J connectivity index is 2.79. The van der Waals surface area contributed by atoms with E-state index < -0.39 is 23.4 Å².